The van der Waals surface area contributed by atoms with Gasteiger partial charge in [0.15, 0.2) is 14.9 Å². The average molecular weight is 451 g/mol. The van der Waals surface area contributed by atoms with E-state index in [0.29, 0.717) is 6.42 Å². The predicted molar refractivity (Wildman–Crippen MR) is 108 cm³/mol. The molecule has 0 fully saturated rings. The summed E-state index contributed by atoms with van der Waals surface area (Å²) < 4.78 is 62.0. The van der Waals surface area contributed by atoms with Crippen LogP contribution >= 0.6 is 23.8 Å². The highest BCUT2D eigenvalue weighted by Gasteiger charge is 2.33. The highest BCUT2D eigenvalue weighted by Crippen LogP contribution is 2.36. The Bertz CT molecular complexity index is 962. The first-order valence-electron chi connectivity index (χ1n) is 8.16. The molecule has 10 heteroatoms. The molecule has 2 aromatic rings. The molecule has 28 heavy (non-hydrogen) atoms. The summed E-state index contributed by atoms with van der Waals surface area (Å²) >= 11 is 10.8. The van der Waals surface area contributed by atoms with E-state index in [1.165, 1.54) is 18.2 Å². The Labute approximate surface area is 172 Å². The first kappa shape index (κ1) is 22.4. The second kappa shape index (κ2) is 8.67. The molecule has 2 rings (SSSR count). The number of nitrogens with one attached hydrogen (secondary N) is 2. The number of benzene rings is 2. The normalized spacial score (nSPS) is 13.1. The van der Waals surface area contributed by atoms with Gasteiger partial charge in [-0.25, -0.2) is 8.42 Å². The Morgan fingerprint density at radius 2 is 1.79 bits per heavy atom. The number of halogens is 4. The van der Waals surface area contributed by atoms with Gasteiger partial charge in [0.25, 0.3) is 0 Å². The summed E-state index contributed by atoms with van der Waals surface area (Å²) in [6.07, 6.45) is -2.83. The molecule has 2 aromatic carbocycles. The number of rotatable bonds is 5. The number of alkyl halides is 3. The van der Waals surface area contributed by atoms with Crippen molar-refractivity contribution in [3.8, 4) is 0 Å². The largest absolute Gasteiger partial charge is 0.417 e. The smallest absolute Gasteiger partial charge is 0.356 e. The molecule has 0 unspecified atom stereocenters. The van der Waals surface area contributed by atoms with Crippen LogP contribution < -0.4 is 10.6 Å². The van der Waals surface area contributed by atoms with E-state index >= 15 is 0 Å². The molecule has 4 nitrogen and oxygen atoms in total. The first-order valence-corrected chi connectivity index (χ1v) is 10.8. The number of thiocarbonyl (C=S) groups is 1. The lowest BCUT2D eigenvalue weighted by Crippen LogP contribution is -2.32. The molecule has 0 saturated heterocycles. The standard InChI is InChI=1S/C18H18ClF3N2O2S2/c1-3-16(11-4-7-13(8-5-11)28(2,25)26)24-17(27)23-12-6-9-15(19)14(10-12)18(20,21)22/h4-10,16H,3H2,1-2H3,(H2,23,24,27)/t16-/m0/s1. The van der Waals surface area contributed by atoms with E-state index in [2.05, 4.69) is 10.6 Å². The summed E-state index contributed by atoms with van der Waals surface area (Å²) in [7, 11) is -3.30. The Morgan fingerprint density at radius 3 is 2.29 bits per heavy atom. The number of sulfone groups is 1. The third-order valence-corrected chi connectivity index (χ3v) is 5.63. The zero-order valence-electron chi connectivity index (χ0n) is 15.0. The molecule has 2 N–H and O–H groups in total. The molecule has 0 amide bonds. The lowest BCUT2D eigenvalue weighted by molar-refractivity contribution is -0.137. The topological polar surface area (TPSA) is 58.2 Å². The molecule has 0 aliphatic rings. The Hall–Kier alpha value is -1.84. The molecule has 0 bridgehead atoms. The first-order chi connectivity index (χ1) is 12.9. The highest BCUT2D eigenvalue weighted by molar-refractivity contribution is 7.90. The van der Waals surface area contributed by atoms with Crippen molar-refractivity contribution in [2.24, 2.45) is 0 Å². The van der Waals surface area contributed by atoms with E-state index in [1.807, 2.05) is 6.92 Å². The van der Waals surface area contributed by atoms with E-state index < -0.39 is 26.6 Å². The molecule has 0 aliphatic heterocycles. The third-order valence-electron chi connectivity index (χ3n) is 3.95. The van der Waals surface area contributed by atoms with E-state index in [1.54, 1.807) is 12.1 Å². The lowest BCUT2D eigenvalue weighted by Gasteiger charge is -2.21. The molecule has 0 heterocycles. The Kier molecular flexibility index (Phi) is 6.95. The minimum Gasteiger partial charge on any atom is -0.356 e. The second-order valence-corrected chi connectivity index (χ2v) is 8.92. The Balaban J connectivity index is 2.13. The van der Waals surface area contributed by atoms with Gasteiger partial charge in [0, 0.05) is 11.9 Å². The Morgan fingerprint density at radius 1 is 1.18 bits per heavy atom. The minimum absolute atomic E-state index is 0.134. The summed E-state index contributed by atoms with van der Waals surface area (Å²) in [4.78, 5) is 0.202. The molecule has 0 aliphatic carbocycles. The SMILES string of the molecule is CC[C@H](NC(=S)Nc1ccc(Cl)c(C(F)(F)F)c1)c1ccc(S(C)(=O)=O)cc1. The van der Waals surface area contributed by atoms with E-state index in [0.717, 1.165) is 24.0 Å². The van der Waals surface area contributed by atoms with E-state index in [4.69, 9.17) is 23.8 Å². The van der Waals surface area contributed by atoms with Gasteiger partial charge in [-0.2, -0.15) is 13.2 Å². The average Bonchev–Trinajstić information content (AvgIpc) is 2.59. The molecule has 0 aromatic heterocycles. The molecule has 0 saturated carbocycles. The zero-order valence-corrected chi connectivity index (χ0v) is 17.4. The van der Waals surface area contributed by atoms with Crippen LogP contribution in [-0.2, 0) is 16.0 Å². The molecule has 0 spiro atoms. The van der Waals surface area contributed by atoms with Gasteiger partial charge in [-0.05, 0) is 54.5 Å². The summed E-state index contributed by atoms with van der Waals surface area (Å²) in [5.74, 6) is 0. The van der Waals surface area contributed by atoms with Crippen molar-refractivity contribution in [1.29, 1.82) is 0 Å². The van der Waals surface area contributed by atoms with Gasteiger partial charge in [-0.15, -0.1) is 0 Å². The predicted octanol–water partition coefficient (Wildman–Crippen LogP) is 5.20. The van der Waals surface area contributed by atoms with Crippen molar-refractivity contribution in [2.75, 3.05) is 11.6 Å². The molecular formula is C18H18ClF3N2O2S2. The van der Waals surface area contributed by atoms with Gasteiger partial charge in [-0.1, -0.05) is 30.7 Å². The van der Waals surface area contributed by atoms with Crippen molar-refractivity contribution in [3.63, 3.8) is 0 Å². The zero-order chi connectivity index (χ0) is 21.1. The maximum atomic E-state index is 13.0. The van der Waals surface area contributed by atoms with Crippen LogP contribution in [0.5, 0.6) is 0 Å². The summed E-state index contributed by atoms with van der Waals surface area (Å²) in [5.41, 5.74) is -0.00647. The fourth-order valence-electron chi connectivity index (χ4n) is 2.51. The van der Waals surface area contributed by atoms with Crippen LogP contribution in [0.25, 0.3) is 0 Å². The fraction of sp³-hybridized carbons (Fsp3) is 0.278. The van der Waals surface area contributed by atoms with Crippen LogP contribution in [-0.4, -0.2) is 19.8 Å². The van der Waals surface area contributed by atoms with Crippen LogP contribution in [0.4, 0.5) is 18.9 Å². The quantitative estimate of drug-likeness (QED) is 0.613. The molecule has 1 atom stereocenters. The van der Waals surface area contributed by atoms with Crippen molar-refractivity contribution in [1.82, 2.24) is 5.32 Å². The van der Waals surface area contributed by atoms with Crippen molar-refractivity contribution < 1.29 is 21.6 Å². The van der Waals surface area contributed by atoms with Gasteiger partial charge in [-0.3, -0.25) is 0 Å². The van der Waals surface area contributed by atoms with Gasteiger partial charge in [0.1, 0.15) is 0 Å². The number of anilines is 1. The molecule has 152 valence electrons. The van der Waals surface area contributed by atoms with Crippen molar-refractivity contribution in [3.05, 3.63) is 58.6 Å². The lowest BCUT2D eigenvalue weighted by atomic mass is 10.1. The minimum atomic E-state index is -4.57. The molecule has 0 radical (unpaired) electrons. The van der Waals surface area contributed by atoms with Crippen LogP contribution in [0.1, 0.15) is 30.5 Å². The number of hydrogen-bond donors (Lipinski definition) is 2. The van der Waals surface area contributed by atoms with Gasteiger partial charge < -0.3 is 10.6 Å². The van der Waals surface area contributed by atoms with Crippen molar-refractivity contribution in [2.45, 2.75) is 30.5 Å². The maximum absolute atomic E-state index is 13.0. The van der Waals surface area contributed by atoms with E-state index in [9.17, 15) is 21.6 Å². The second-order valence-electron chi connectivity index (χ2n) is 6.09. The number of hydrogen-bond acceptors (Lipinski definition) is 3. The highest BCUT2D eigenvalue weighted by atomic mass is 35.5. The van der Waals surface area contributed by atoms with Crippen LogP contribution in [0.3, 0.4) is 0 Å². The van der Waals surface area contributed by atoms with Crippen LogP contribution in [0, 0.1) is 0 Å². The van der Waals surface area contributed by atoms with Crippen LogP contribution in [0.15, 0.2) is 47.4 Å². The van der Waals surface area contributed by atoms with Crippen LogP contribution in [0.2, 0.25) is 5.02 Å². The fourth-order valence-corrected chi connectivity index (χ4v) is 3.63. The van der Waals surface area contributed by atoms with Gasteiger partial charge >= 0.3 is 6.18 Å². The summed E-state index contributed by atoms with van der Waals surface area (Å²) in [6, 6.07) is 9.53. The maximum Gasteiger partial charge on any atom is 0.417 e. The third kappa shape index (κ3) is 5.83. The van der Waals surface area contributed by atoms with Crippen molar-refractivity contribution >= 4 is 44.5 Å². The monoisotopic (exact) mass is 450 g/mol. The van der Waals surface area contributed by atoms with Gasteiger partial charge in [0.05, 0.1) is 21.5 Å². The summed E-state index contributed by atoms with van der Waals surface area (Å²) in [5, 5.41) is 5.48. The summed E-state index contributed by atoms with van der Waals surface area (Å²) in [6.45, 7) is 1.90. The van der Waals surface area contributed by atoms with Gasteiger partial charge in [0.2, 0.25) is 0 Å². The molecular weight excluding hydrogens is 433 g/mol. The van der Waals surface area contributed by atoms with E-state index in [-0.39, 0.29) is 21.7 Å².